The van der Waals surface area contributed by atoms with Crippen LogP contribution in [-0.4, -0.2) is 86.0 Å². The Morgan fingerprint density at radius 2 is 1.77 bits per heavy atom. The lowest BCUT2D eigenvalue weighted by Crippen LogP contribution is -2.61. The number of piperazine rings is 1. The Hall–Kier alpha value is -3.28. The van der Waals surface area contributed by atoms with Gasteiger partial charge in [0, 0.05) is 50.5 Å². The zero-order chi connectivity index (χ0) is 29.0. The predicted molar refractivity (Wildman–Crippen MR) is 156 cm³/mol. The molecule has 1 saturated carbocycles. The molecule has 1 unspecified atom stereocenters. The quantitative estimate of drug-likeness (QED) is 0.477. The van der Waals surface area contributed by atoms with E-state index in [2.05, 4.69) is 22.1 Å². The van der Waals surface area contributed by atoms with Crippen LogP contribution in [0.25, 0.3) is 5.69 Å². The van der Waals surface area contributed by atoms with Gasteiger partial charge in [-0.05, 0) is 76.8 Å². The molecule has 2 aromatic rings. The average Bonchev–Trinajstić information content (AvgIpc) is 2.92. The molecule has 1 saturated heterocycles. The van der Waals surface area contributed by atoms with Gasteiger partial charge < -0.3 is 21.3 Å². The third-order valence-corrected chi connectivity index (χ3v) is 8.03. The van der Waals surface area contributed by atoms with Crippen molar-refractivity contribution in [3.8, 4) is 5.69 Å². The van der Waals surface area contributed by atoms with Crippen LogP contribution in [0.4, 0.5) is 10.6 Å². The Morgan fingerprint density at radius 3 is 2.35 bits per heavy atom. The van der Waals surface area contributed by atoms with Crippen molar-refractivity contribution in [2.75, 3.05) is 31.5 Å². The number of nitrogens with two attached hydrogens (primary N) is 2. The zero-order valence-corrected chi connectivity index (χ0v) is 24.2. The molecule has 0 radical (unpaired) electrons. The summed E-state index contributed by atoms with van der Waals surface area (Å²) < 4.78 is 1.46. The topological polar surface area (TPSA) is 143 Å². The fraction of sp³-hybridized carbons (Fsp3) is 0.586. The number of carbonyl (C=O) groups is 2. The van der Waals surface area contributed by atoms with Crippen LogP contribution < -0.4 is 22.5 Å². The van der Waals surface area contributed by atoms with Crippen molar-refractivity contribution < 1.29 is 9.59 Å². The van der Waals surface area contributed by atoms with Crippen LogP contribution in [0.1, 0.15) is 58.9 Å². The van der Waals surface area contributed by atoms with Crippen LogP contribution in [0, 0.1) is 0 Å². The smallest absolute Gasteiger partial charge is 0.335 e. The molecule has 40 heavy (non-hydrogen) atoms. The molecule has 3 amide bonds. The number of urea groups is 1. The van der Waals surface area contributed by atoms with Gasteiger partial charge in [-0.3, -0.25) is 19.6 Å². The number of rotatable bonds is 7. The van der Waals surface area contributed by atoms with E-state index in [1.165, 1.54) is 10.1 Å². The number of hydrogen-bond acceptors (Lipinski definition) is 7. The lowest BCUT2D eigenvalue weighted by molar-refractivity contribution is -0.139. The van der Waals surface area contributed by atoms with Crippen molar-refractivity contribution >= 4 is 17.8 Å². The second-order valence-electron chi connectivity index (χ2n) is 11.7. The monoisotopic (exact) mass is 552 g/mol. The Bertz CT molecular complexity index is 1230. The highest BCUT2D eigenvalue weighted by Gasteiger charge is 2.35. The molecule has 2 heterocycles. The van der Waals surface area contributed by atoms with Gasteiger partial charge >= 0.3 is 11.7 Å². The molecule has 1 atom stereocenters. The second-order valence-corrected chi connectivity index (χ2v) is 11.7. The summed E-state index contributed by atoms with van der Waals surface area (Å²) in [6.45, 7) is 10.4. The summed E-state index contributed by atoms with van der Waals surface area (Å²) >= 11 is 0. The molecule has 2 fully saturated rings. The van der Waals surface area contributed by atoms with E-state index in [1.807, 2.05) is 31.2 Å². The van der Waals surface area contributed by atoms with E-state index in [0.29, 0.717) is 37.4 Å². The van der Waals surface area contributed by atoms with Gasteiger partial charge in [0.15, 0.2) is 0 Å². The van der Waals surface area contributed by atoms with Gasteiger partial charge in [0.1, 0.15) is 5.82 Å². The minimum atomic E-state index is -0.966. The molecule has 5 N–H and O–H groups in total. The summed E-state index contributed by atoms with van der Waals surface area (Å²) in [5.74, 6) is 0.0402. The van der Waals surface area contributed by atoms with Gasteiger partial charge in [-0.25, -0.2) is 9.59 Å². The van der Waals surface area contributed by atoms with Gasteiger partial charge in [-0.2, -0.15) is 4.98 Å². The third-order valence-electron chi connectivity index (χ3n) is 8.03. The van der Waals surface area contributed by atoms with Gasteiger partial charge in [0.25, 0.3) is 0 Å². The minimum Gasteiger partial charge on any atom is -0.335 e. The summed E-state index contributed by atoms with van der Waals surface area (Å²) in [4.78, 5) is 48.2. The van der Waals surface area contributed by atoms with Gasteiger partial charge in [0.2, 0.25) is 5.91 Å². The Kier molecular flexibility index (Phi) is 9.27. The fourth-order valence-electron chi connectivity index (χ4n) is 5.63. The summed E-state index contributed by atoms with van der Waals surface area (Å²) in [5, 5.41) is 2.72. The molecule has 0 spiro atoms. The summed E-state index contributed by atoms with van der Waals surface area (Å²) in [7, 11) is 0. The molecule has 1 aromatic heterocycles. The van der Waals surface area contributed by atoms with E-state index < -0.39 is 11.2 Å². The highest BCUT2D eigenvalue weighted by Crippen LogP contribution is 2.24. The lowest BCUT2D eigenvalue weighted by atomic mass is 9.90. The van der Waals surface area contributed by atoms with E-state index >= 15 is 0 Å². The van der Waals surface area contributed by atoms with E-state index in [9.17, 15) is 14.4 Å². The van der Waals surface area contributed by atoms with E-state index in [-0.39, 0.29) is 23.8 Å². The van der Waals surface area contributed by atoms with Gasteiger partial charge in [-0.15, -0.1) is 0 Å². The van der Waals surface area contributed by atoms with Crippen molar-refractivity contribution in [3.05, 3.63) is 52.6 Å². The van der Waals surface area contributed by atoms with Crippen LogP contribution >= 0.6 is 0 Å². The summed E-state index contributed by atoms with van der Waals surface area (Å²) in [6, 6.07) is 9.91. The van der Waals surface area contributed by atoms with Crippen molar-refractivity contribution in [1.82, 2.24) is 24.3 Å². The molecule has 1 aliphatic heterocycles. The second kappa shape index (κ2) is 12.5. The Balaban J connectivity index is 1.35. The number of anilines is 1. The first-order valence-corrected chi connectivity index (χ1v) is 14.3. The molecule has 11 nitrogen and oxygen atoms in total. The van der Waals surface area contributed by atoms with E-state index in [1.54, 1.807) is 35.9 Å². The summed E-state index contributed by atoms with van der Waals surface area (Å²) in [5.41, 5.74) is 12.5. The zero-order valence-electron chi connectivity index (χ0n) is 24.2. The maximum absolute atomic E-state index is 12.9. The molecule has 2 aliphatic rings. The van der Waals surface area contributed by atoms with Crippen LogP contribution in [-0.2, 0) is 11.3 Å². The average molecular weight is 553 g/mol. The molecular weight excluding hydrogens is 508 g/mol. The van der Waals surface area contributed by atoms with E-state index in [0.717, 1.165) is 38.8 Å². The Morgan fingerprint density at radius 1 is 1.10 bits per heavy atom. The number of carbonyl (C=O) groups excluding carboxylic acids is 2. The largest absolute Gasteiger partial charge is 0.354 e. The van der Waals surface area contributed by atoms with Crippen LogP contribution in [0.15, 0.2) is 41.3 Å². The van der Waals surface area contributed by atoms with Crippen molar-refractivity contribution in [3.63, 3.8) is 0 Å². The van der Waals surface area contributed by atoms with Gasteiger partial charge in [-0.1, -0.05) is 19.1 Å². The molecule has 218 valence electrons. The number of benzene rings is 1. The van der Waals surface area contributed by atoms with E-state index in [4.69, 9.17) is 11.5 Å². The van der Waals surface area contributed by atoms with Crippen molar-refractivity contribution in [2.45, 2.75) is 83.6 Å². The number of aromatic nitrogens is 2. The maximum atomic E-state index is 12.9. The number of amides is 3. The minimum absolute atomic E-state index is 0.143. The third kappa shape index (κ3) is 7.07. The first kappa shape index (κ1) is 29.7. The predicted octanol–water partition coefficient (Wildman–Crippen LogP) is 2.13. The first-order chi connectivity index (χ1) is 19.0. The normalized spacial score (nSPS) is 21.9. The number of nitrogens with zero attached hydrogens (tertiary/aromatic N) is 5. The SMILES string of the molecule is CCN(Cc1ccc(-n2ccc(NC(=O)N3CCN(C(=O)C(C)(C)N)C(C)C3)nc2=O)cc1)C1CCC(N)CC1. The molecule has 1 aliphatic carbocycles. The molecule has 4 rings (SSSR count). The number of nitrogens with one attached hydrogen (secondary N) is 1. The Labute approximate surface area is 236 Å². The molecule has 11 heteroatoms. The molecule has 0 bridgehead atoms. The highest BCUT2D eigenvalue weighted by atomic mass is 16.2. The molecule has 1 aromatic carbocycles. The van der Waals surface area contributed by atoms with Crippen LogP contribution in [0.3, 0.4) is 0 Å². The standard InChI is InChI=1S/C29H44N8O3/c1-5-34(23-12-8-22(30)9-13-23)19-21-6-10-24(11-7-21)37-15-14-25(33-28(37)40)32-27(39)35-16-17-36(20(2)18-35)26(38)29(3,4)31/h6-7,10-11,14-15,20,22-23H,5,8-9,12-13,16-19,30-31H2,1-4H3,(H,32,33,39,40). The van der Waals surface area contributed by atoms with Crippen molar-refractivity contribution in [1.29, 1.82) is 0 Å². The van der Waals surface area contributed by atoms with Crippen LogP contribution in [0.5, 0.6) is 0 Å². The highest BCUT2D eigenvalue weighted by molar-refractivity contribution is 5.89. The first-order valence-electron chi connectivity index (χ1n) is 14.3. The maximum Gasteiger partial charge on any atom is 0.354 e. The van der Waals surface area contributed by atoms with Crippen molar-refractivity contribution in [2.24, 2.45) is 11.5 Å². The number of hydrogen-bond donors (Lipinski definition) is 3. The van der Waals surface area contributed by atoms with Gasteiger partial charge in [0.05, 0.1) is 11.2 Å². The lowest BCUT2D eigenvalue weighted by Gasteiger charge is -2.42. The fourth-order valence-corrected chi connectivity index (χ4v) is 5.63. The summed E-state index contributed by atoms with van der Waals surface area (Å²) in [6.07, 6.45) is 6.05. The van der Waals surface area contributed by atoms with Crippen LogP contribution in [0.2, 0.25) is 0 Å². The molecular formula is C29H44N8O3.